The molecule has 190 valence electrons. The molecule has 1 aliphatic carbocycles. The van der Waals surface area contributed by atoms with Gasteiger partial charge in [0, 0.05) is 19.6 Å². The van der Waals surface area contributed by atoms with E-state index in [9.17, 15) is 4.79 Å². The highest BCUT2D eigenvalue weighted by Crippen LogP contribution is 2.26. The molecule has 0 atom stereocenters. The molecule has 0 aromatic heterocycles. The van der Waals surface area contributed by atoms with Crippen LogP contribution in [-0.2, 0) is 24.4 Å². The van der Waals surface area contributed by atoms with Crippen molar-refractivity contribution in [2.75, 3.05) is 6.54 Å². The summed E-state index contributed by atoms with van der Waals surface area (Å²) in [6.07, 6.45) is 6.85. The Kier molecular flexibility index (Phi) is 8.98. The van der Waals surface area contributed by atoms with Gasteiger partial charge in [-0.1, -0.05) is 90.0 Å². The predicted molar refractivity (Wildman–Crippen MR) is 148 cm³/mol. The molecule has 1 aliphatic rings. The normalized spacial score (nSPS) is 14.2. The largest absolute Gasteiger partial charge is 0.457 e. The van der Waals surface area contributed by atoms with Gasteiger partial charge in [0.2, 0.25) is 0 Å². The molecule has 1 saturated carbocycles. The first-order valence-electron chi connectivity index (χ1n) is 13.5. The van der Waals surface area contributed by atoms with Gasteiger partial charge in [-0.05, 0) is 75.3 Å². The number of rotatable bonds is 9. The van der Waals surface area contributed by atoms with Crippen LogP contribution < -0.4 is 0 Å². The zero-order chi connectivity index (χ0) is 25.5. The van der Waals surface area contributed by atoms with Crippen molar-refractivity contribution in [2.24, 2.45) is 5.92 Å². The number of benzene rings is 3. The summed E-state index contributed by atoms with van der Waals surface area (Å²) in [5.74, 6) is 0.534. The zero-order valence-corrected chi connectivity index (χ0v) is 22.5. The summed E-state index contributed by atoms with van der Waals surface area (Å²) in [6.45, 7) is 11.7. The molecule has 4 rings (SSSR count). The fourth-order valence-corrected chi connectivity index (χ4v) is 5.66. The minimum Gasteiger partial charge on any atom is -0.457 e. The first-order chi connectivity index (χ1) is 17.3. The lowest BCUT2D eigenvalue weighted by Gasteiger charge is -2.30. The lowest BCUT2D eigenvalue weighted by Crippen LogP contribution is -2.30. The molecule has 3 nitrogen and oxygen atoms in total. The molecule has 0 heterocycles. The van der Waals surface area contributed by atoms with Crippen LogP contribution in [0.1, 0.15) is 81.4 Å². The molecule has 3 heteroatoms. The summed E-state index contributed by atoms with van der Waals surface area (Å²) >= 11 is 0. The Morgan fingerprint density at radius 1 is 0.722 bits per heavy atom. The smallest absolute Gasteiger partial charge is 0.338 e. The molecule has 0 bridgehead atoms. The summed E-state index contributed by atoms with van der Waals surface area (Å²) in [7, 11) is 0. The molecule has 0 aliphatic heterocycles. The Balaban J connectivity index is 1.39. The van der Waals surface area contributed by atoms with Crippen LogP contribution in [0.5, 0.6) is 0 Å². The van der Waals surface area contributed by atoms with Gasteiger partial charge in [0.25, 0.3) is 0 Å². The Morgan fingerprint density at radius 2 is 1.25 bits per heavy atom. The highest BCUT2D eigenvalue weighted by atomic mass is 16.5. The molecule has 0 unspecified atom stereocenters. The van der Waals surface area contributed by atoms with E-state index >= 15 is 0 Å². The zero-order valence-electron chi connectivity index (χ0n) is 22.5. The van der Waals surface area contributed by atoms with E-state index in [2.05, 4.69) is 67.3 Å². The number of ether oxygens (including phenoxy) is 1. The van der Waals surface area contributed by atoms with E-state index in [4.69, 9.17) is 4.74 Å². The van der Waals surface area contributed by atoms with Crippen molar-refractivity contribution in [3.8, 4) is 0 Å². The molecule has 3 aromatic carbocycles. The third kappa shape index (κ3) is 7.80. The summed E-state index contributed by atoms with van der Waals surface area (Å²) < 4.78 is 5.60. The lowest BCUT2D eigenvalue weighted by molar-refractivity contribution is 0.0472. The topological polar surface area (TPSA) is 29.5 Å². The van der Waals surface area contributed by atoms with E-state index < -0.39 is 0 Å². The summed E-state index contributed by atoms with van der Waals surface area (Å²) in [5.41, 5.74) is 9.16. The van der Waals surface area contributed by atoms with E-state index in [-0.39, 0.29) is 5.97 Å². The Bertz CT molecular complexity index is 1120. The maximum absolute atomic E-state index is 12.5. The lowest BCUT2D eigenvalue weighted by atomic mass is 9.88. The fraction of sp³-hybridized carbons (Fsp3) is 0.424. The maximum atomic E-state index is 12.5. The van der Waals surface area contributed by atoms with Crippen LogP contribution in [0.4, 0.5) is 0 Å². The maximum Gasteiger partial charge on any atom is 0.338 e. The molecule has 0 radical (unpaired) electrons. The minimum absolute atomic E-state index is 0.266. The quantitative estimate of drug-likeness (QED) is 0.290. The van der Waals surface area contributed by atoms with E-state index in [1.165, 1.54) is 54.4 Å². The molecule has 0 N–H and O–H groups in total. The number of esters is 1. The molecule has 36 heavy (non-hydrogen) atoms. The third-order valence-corrected chi connectivity index (χ3v) is 7.19. The van der Waals surface area contributed by atoms with E-state index in [1.54, 1.807) is 0 Å². The number of carbonyl (C=O) groups excluding carboxylic acids is 1. The van der Waals surface area contributed by atoms with Crippen LogP contribution in [0, 0.1) is 33.6 Å². The number of carbonyl (C=O) groups is 1. The van der Waals surface area contributed by atoms with Crippen molar-refractivity contribution in [3.05, 3.63) is 105 Å². The average molecular weight is 484 g/mol. The van der Waals surface area contributed by atoms with Crippen LogP contribution in [0.3, 0.4) is 0 Å². The fourth-order valence-electron chi connectivity index (χ4n) is 5.66. The average Bonchev–Trinajstić information content (AvgIpc) is 2.83. The van der Waals surface area contributed by atoms with Crippen LogP contribution in [-0.4, -0.2) is 17.4 Å². The summed E-state index contributed by atoms with van der Waals surface area (Å²) in [4.78, 5) is 15.1. The first-order valence-corrected chi connectivity index (χ1v) is 13.5. The van der Waals surface area contributed by atoms with Gasteiger partial charge < -0.3 is 4.74 Å². The van der Waals surface area contributed by atoms with Gasteiger partial charge in [0.15, 0.2) is 0 Å². The van der Waals surface area contributed by atoms with Gasteiger partial charge in [0.1, 0.15) is 6.61 Å². The van der Waals surface area contributed by atoms with Crippen molar-refractivity contribution in [1.82, 2.24) is 4.90 Å². The van der Waals surface area contributed by atoms with Gasteiger partial charge in [-0.3, -0.25) is 4.90 Å². The van der Waals surface area contributed by atoms with Crippen LogP contribution in [0.2, 0.25) is 0 Å². The summed E-state index contributed by atoms with van der Waals surface area (Å²) in [6, 6.07) is 21.3. The summed E-state index contributed by atoms with van der Waals surface area (Å²) in [5, 5.41) is 0. The monoisotopic (exact) mass is 483 g/mol. The second-order valence-corrected chi connectivity index (χ2v) is 10.9. The molecule has 0 spiro atoms. The molecule has 3 aromatic rings. The van der Waals surface area contributed by atoms with Crippen molar-refractivity contribution in [3.63, 3.8) is 0 Å². The molecule has 0 amide bonds. The third-order valence-electron chi connectivity index (χ3n) is 7.19. The predicted octanol–water partition coefficient (Wildman–Crippen LogP) is 7.86. The van der Waals surface area contributed by atoms with Gasteiger partial charge in [-0.2, -0.15) is 0 Å². The highest BCUT2D eigenvalue weighted by molar-refractivity contribution is 5.89. The first kappa shape index (κ1) is 26.2. The van der Waals surface area contributed by atoms with Crippen LogP contribution >= 0.6 is 0 Å². The molecule has 0 saturated heterocycles. The van der Waals surface area contributed by atoms with E-state index in [0.717, 1.165) is 42.2 Å². The Labute approximate surface area is 217 Å². The van der Waals surface area contributed by atoms with E-state index in [0.29, 0.717) is 12.2 Å². The van der Waals surface area contributed by atoms with Crippen LogP contribution in [0.15, 0.2) is 60.7 Å². The van der Waals surface area contributed by atoms with Gasteiger partial charge in [-0.25, -0.2) is 4.79 Å². The van der Waals surface area contributed by atoms with Crippen molar-refractivity contribution in [1.29, 1.82) is 0 Å². The Hall–Kier alpha value is -2.91. The van der Waals surface area contributed by atoms with Crippen molar-refractivity contribution < 1.29 is 9.53 Å². The number of hydrogen-bond donors (Lipinski definition) is 0. The number of hydrogen-bond acceptors (Lipinski definition) is 3. The minimum atomic E-state index is -0.266. The highest BCUT2D eigenvalue weighted by Gasteiger charge is 2.18. The van der Waals surface area contributed by atoms with Crippen molar-refractivity contribution in [2.45, 2.75) is 79.5 Å². The van der Waals surface area contributed by atoms with Gasteiger partial charge in [-0.15, -0.1) is 0 Å². The van der Waals surface area contributed by atoms with Gasteiger partial charge in [0.05, 0.1) is 5.56 Å². The van der Waals surface area contributed by atoms with Crippen LogP contribution in [0.25, 0.3) is 0 Å². The SMILES string of the molecule is Cc1cc(C)cc(CN(Cc2ccc(COC(=O)c3cc(C)cc(C)c3)cc2)CC2CCCCC2)c1. The second-order valence-electron chi connectivity index (χ2n) is 10.9. The number of nitrogens with zero attached hydrogens (tertiary/aromatic N) is 1. The molecule has 1 fully saturated rings. The van der Waals surface area contributed by atoms with Gasteiger partial charge >= 0.3 is 5.97 Å². The molecular formula is C33H41NO2. The molecular weight excluding hydrogens is 442 g/mol. The second kappa shape index (κ2) is 12.4. The number of aryl methyl sites for hydroxylation is 4. The van der Waals surface area contributed by atoms with E-state index in [1.807, 2.05) is 26.0 Å². The van der Waals surface area contributed by atoms with Crippen molar-refractivity contribution >= 4 is 5.97 Å². The standard InChI is InChI=1S/C33H41NO2/c1-24-14-25(2)17-31(16-24)22-34(20-28-8-6-5-7-9-28)21-29-10-12-30(13-11-29)23-36-33(35)32-18-26(3)15-27(4)19-32/h10-19,28H,5-9,20-23H2,1-4H3. The Morgan fingerprint density at radius 3 is 1.86 bits per heavy atom.